The summed E-state index contributed by atoms with van der Waals surface area (Å²) in [6.07, 6.45) is -8.34. The number of carboxylic acid groups (broad SMARTS) is 5. The van der Waals surface area contributed by atoms with Gasteiger partial charge in [0.25, 0.3) is 0 Å². The second kappa shape index (κ2) is 60.8. The lowest BCUT2D eigenvalue weighted by Crippen LogP contribution is -2.62. The number of hydrogen-bond donors (Lipinski definition) is 31. The van der Waals surface area contributed by atoms with Crippen LogP contribution in [0, 0.1) is 22.7 Å². The number of unbranched alkanes of at least 4 members (excludes halogenated alkanes) is 1. The lowest BCUT2D eigenvalue weighted by atomic mass is 9.96. The van der Waals surface area contributed by atoms with Crippen molar-refractivity contribution in [1.82, 2.24) is 85.1 Å². The number of carbonyl (C=O) groups is 20. The van der Waals surface area contributed by atoms with E-state index in [1.165, 1.54) is 55.5 Å². The molecule has 0 fully saturated rings. The Hall–Kier alpha value is -14.0. The van der Waals surface area contributed by atoms with Crippen molar-refractivity contribution in [2.45, 2.75) is 247 Å². The molecule has 0 aliphatic rings. The van der Waals surface area contributed by atoms with Gasteiger partial charge in [-0.3, -0.25) is 102 Å². The molecular weight excluding hydrogens is 1740 g/mol. The average molecular weight is 1870 g/mol. The molecule has 0 spiro atoms. The van der Waals surface area contributed by atoms with Crippen molar-refractivity contribution in [3.63, 3.8) is 0 Å². The van der Waals surface area contributed by atoms with Crippen LogP contribution in [0.25, 0.3) is 0 Å². The number of phenols is 1. The van der Waals surface area contributed by atoms with Crippen LogP contribution in [-0.4, -0.2) is 295 Å². The third-order valence-electron chi connectivity index (χ3n) is 20.6. The molecule has 0 unspecified atom stereocenters. The van der Waals surface area contributed by atoms with Gasteiger partial charge in [-0.2, -0.15) is 0 Å². The van der Waals surface area contributed by atoms with Gasteiger partial charge in [0.2, 0.25) is 88.6 Å². The number of nitrogens with one attached hydrogen (secondary N) is 18. The molecule has 51 heteroatoms. The van der Waals surface area contributed by atoms with Crippen molar-refractivity contribution in [2.75, 3.05) is 39.4 Å². The first-order valence-electron chi connectivity index (χ1n) is 42.5. The number of carbonyl (C=O) groups excluding carboxylic acids is 15. The number of amides is 15. The Morgan fingerprint density at radius 2 is 0.667 bits per heavy atom. The van der Waals surface area contributed by atoms with E-state index in [-0.39, 0.29) is 93.8 Å². The highest BCUT2D eigenvalue weighted by molar-refractivity contribution is 6.01. The van der Waals surface area contributed by atoms with Crippen molar-refractivity contribution in [1.29, 1.82) is 10.8 Å². The number of guanidine groups is 2. The first-order valence-corrected chi connectivity index (χ1v) is 42.5. The van der Waals surface area contributed by atoms with E-state index in [0.29, 0.717) is 6.42 Å². The first-order chi connectivity index (χ1) is 62.3. The lowest BCUT2D eigenvalue weighted by Gasteiger charge is -2.29. The number of aromatic hydroxyl groups is 1. The summed E-state index contributed by atoms with van der Waals surface area (Å²) < 4.78 is 0. The van der Waals surface area contributed by atoms with E-state index < -0.39 is 318 Å². The van der Waals surface area contributed by atoms with E-state index in [1.807, 2.05) is 0 Å². The molecule has 0 saturated carbocycles. The van der Waals surface area contributed by atoms with Crippen LogP contribution >= 0.6 is 0 Å². The number of rotatable bonds is 66. The molecule has 132 heavy (non-hydrogen) atoms. The third kappa shape index (κ3) is 44.8. The van der Waals surface area contributed by atoms with Crippen LogP contribution in [0.4, 0.5) is 0 Å². The summed E-state index contributed by atoms with van der Waals surface area (Å²) in [6, 6.07) is -12.0. The van der Waals surface area contributed by atoms with E-state index in [2.05, 4.69) is 85.1 Å². The minimum atomic E-state index is -2.16. The van der Waals surface area contributed by atoms with Gasteiger partial charge in [0.05, 0.1) is 25.8 Å². The zero-order valence-electron chi connectivity index (χ0n) is 73.7. The summed E-state index contributed by atoms with van der Waals surface area (Å²) in [5, 5.41) is 132. The molecule has 36 N–H and O–H groups in total. The molecule has 0 saturated heterocycles. The van der Waals surface area contributed by atoms with Crippen LogP contribution in [0.15, 0.2) is 54.6 Å². The highest BCUT2D eigenvalue weighted by Crippen LogP contribution is 2.18. The maximum Gasteiger partial charge on any atom is 0.326 e. The van der Waals surface area contributed by atoms with E-state index in [4.69, 9.17) is 39.5 Å². The Balaban J connectivity index is 2.66. The van der Waals surface area contributed by atoms with Gasteiger partial charge in [-0.1, -0.05) is 83.0 Å². The Kier molecular flexibility index (Phi) is 52.5. The number of nitrogens with two attached hydrogens (primary N) is 5. The van der Waals surface area contributed by atoms with Crippen LogP contribution in [0.3, 0.4) is 0 Å². The van der Waals surface area contributed by atoms with Gasteiger partial charge >= 0.3 is 29.8 Å². The molecule has 15 amide bonds. The van der Waals surface area contributed by atoms with Gasteiger partial charge in [-0.15, -0.1) is 0 Å². The maximum absolute atomic E-state index is 14.8. The number of hydrogen-bond acceptors (Lipinski definition) is 27. The summed E-state index contributed by atoms with van der Waals surface area (Å²) in [7, 11) is 0. The third-order valence-corrected chi connectivity index (χ3v) is 20.6. The SMILES string of the molecule is CC[C@H](C)[C@H](N)C(=O)N[C@@H](CO)C(=O)N[C@@H](CCCNC(=N)N)C(=O)N[C@@H](CCCCN)C(=O)N[C@@H](Cc1ccc(O)cc1)C(=O)N[C@@H](CCC(N)=O)C(=O)N[C@@H](CO)C(=O)N[C@@H](CCC(=O)O)C(=O)N[C@@H](Cc1ccccc1)C(=O)N[C@@H](CCC(=O)O)C(=O)N[C@@H](CCC(=O)O)C(=O)N[C@H](C(=O)N[C@@H](CCC(=O)O)C(=O)NCC(=O)N[C@@H](CCCNC(=N)N)C(=O)O)[C@@H](C)CC. The van der Waals surface area contributed by atoms with Crippen LogP contribution in [0.2, 0.25) is 0 Å². The summed E-state index contributed by atoms with van der Waals surface area (Å²) in [6.45, 7) is 3.39. The Bertz CT molecular complexity index is 4270. The van der Waals surface area contributed by atoms with E-state index in [1.54, 1.807) is 26.8 Å². The van der Waals surface area contributed by atoms with Gasteiger partial charge in [-0.05, 0) is 119 Å². The van der Waals surface area contributed by atoms with Crippen LogP contribution in [0.5, 0.6) is 5.75 Å². The molecule has 51 nitrogen and oxygen atoms in total. The monoisotopic (exact) mass is 1870 g/mol. The van der Waals surface area contributed by atoms with Crippen molar-refractivity contribution >= 4 is 130 Å². The lowest BCUT2D eigenvalue weighted by molar-refractivity contribution is -0.142. The Morgan fingerprint density at radius 3 is 1.03 bits per heavy atom. The van der Waals surface area contributed by atoms with Gasteiger partial charge < -0.3 is 155 Å². The number of phenolic OH excluding ortho intramolecular Hbond substituents is 1. The summed E-state index contributed by atoms with van der Waals surface area (Å²) in [5.74, 6) is -27.6. The van der Waals surface area contributed by atoms with E-state index in [9.17, 15) is 137 Å². The predicted octanol–water partition coefficient (Wildman–Crippen LogP) is -8.54. The normalized spacial score (nSPS) is 14.6. The highest BCUT2D eigenvalue weighted by Gasteiger charge is 2.40. The Morgan fingerprint density at radius 1 is 0.348 bits per heavy atom. The van der Waals surface area contributed by atoms with Crippen LogP contribution in [-0.2, 0) is 109 Å². The van der Waals surface area contributed by atoms with Crippen molar-refractivity contribution < 1.29 is 137 Å². The fourth-order valence-corrected chi connectivity index (χ4v) is 12.6. The highest BCUT2D eigenvalue weighted by atomic mass is 16.4. The van der Waals surface area contributed by atoms with Gasteiger partial charge in [0.15, 0.2) is 11.9 Å². The maximum atomic E-state index is 14.8. The first kappa shape index (κ1) is 114. The number of aliphatic hydroxyl groups is 2. The predicted molar refractivity (Wildman–Crippen MR) is 466 cm³/mol. The molecule has 0 aliphatic carbocycles. The molecule has 0 radical (unpaired) electrons. The van der Waals surface area contributed by atoms with Crippen LogP contribution < -0.4 is 114 Å². The number of aliphatic carboxylic acids is 5. The van der Waals surface area contributed by atoms with Crippen molar-refractivity contribution in [3.8, 4) is 5.75 Å². The number of aliphatic hydroxyl groups excluding tert-OH is 2. The topological polar surface area (TPSA) is 874 Å². The summed E-state index contributed by atoms with van der Waals surface area (Å²) in [5.41, 5.74) is 28.6. The molecule has 0 heterocycles. The smallest absolute Gasteiger partial charge is 0.326 e. The molecule has 2 aromatic carbocycles. The van der Waals surface area contributed by atoms with Gasteiger partial charge in [0, 0.05) is 58.0 Å². The minimum Gasteiger partial charge on any atom is -0.508 e. The van der Waals surface area contributed by atoms with Crippen molar-refractivity contribution in [3.05, 3.63) is 65.7 Å². The summed E-state index contributed by atoms with van der Waals surface area (Å²) >= 11 is 0. The Labute approximate surface area is 758 Å². The van der Waals surface area contributed by atoms with E-state index in [0.717, 1.165) is 0 Å². The molecular formula is C81H127N23O28. The number of benzene rings is 2. The number of primary amides is 1. The second-order valence-corrected chi connectivity index (χ2v) is 31.0. The molecule has 2 rings (SSSR count). The van der Waals surface area contributed by atoms with Gasteiger partial charge in [-0.25, -0.2) is 4.79 Å². The molecule has 2 aromatic rings. The molecule has 0 aliphatic heterocycles. The minimum absolute atomic E-state index is 0.00883. The zero-order chi connectivity index (χ0) is 99.4. The fraction of sp³-hybridized carbons (Fsp3) is 0.580. The quantitative estimate of drug-likeness (QED) is 0.0166. The largest absolute Gasteiger partial charge is 0.508 e. The molecule has 16 atom stereocenters. The zero-order valence-corrected chi connectivity index (χ0v) is 73.7. The fourth-order valence-electron chi connectivity index (χ4n) is 12.6. The summed E-state index contributed by atoms with van der Waals surface area (Å²) in [4.78, 5) is 271. The number of carboxylic acids is 5. The average Bonchev–Trinajstić information content (AvgIpc) is 0.846. The second-order valence-electron chi connectivity index (χ2n) is 31.0. The standard InChI is InChI=1S/C81H127N23O28/c1-5-41(3)64(84)77(129)103-57(40-106)76(128)94-47(17-12-34-89-80(85)86)67(119)93-46(16-10-11-33-82)68(120)100-55(37-44-19-21-45(107)22-20-44)74(126)96-49(23-28-58(83)108)71(123)102-56(39-105)75(127)98-51(26-31-62(114)115)70(122)101-54(36-43-14-8-7-9-15-43)73(125)97-50(25-30-61(112)113)69(121)95-52(27-32-63(116)117)72(124)104-65(42(4)6-2)78(130)99-48(24-29-60(110)111)66(118)91-38-59(109)92-53(79(131)132)18-13-35-90-81(87)88/h7-9,14-15,19-22,41-42,46-57,64-65,105-107H,5-6,10-13,16-18,23-40,82,84H2,1-4H3,(H2,83,108)(H,91,118)(H,92,109)(H,93,119)(H,94,128)(H,95,121)(H,96,126)(H,97,125)(H,98,127)(H,99,130)(H,100,120)(H,101,122)(H,102,123)(H,103,129)(H,104,124)(H,110,111)(H,112,113)(H,114,115)(H,116,117)(H,131,132)(H4,85,86,89)(H4,87,88,90)/t41-,42-,46-,47-,48-,49-,50-,51-,52-,53-,54-,55-,56-,57-,64-,65-/m0/s1. The molecule has 0 bridgehead atoms. The van der Waals surface area contributed by atoms with Crippen molar-refractivity contribution in [2.24, 2.45) is 40.5 Å². The van der Waals surface area contributed by atoms with Gasteiger partial charge in [0.1, 0.15) is 84.3 Å². The molecule has 0 aromatic heterocycles. The molecule has 734 valence electrons. The van der Waals surface area contributed by atoms with Crippen LogP contribution in [0.1, 0.15) is 161 Å². The van der Waals surface area contributed by atoms with E-state index >= 15 is 0 Å².